The number of amides is 1. The molecule has 6 rings (SSSR count). The lowest BCUT2D eigenvalue weighted by Crippen LogP contribution is -2.60. The predicted molar refractivity (Wildman–Crippen MR) is 121 cm³/mol. The second kappa shape index (κ2) is 6.24. The van der Waals surface area contributed by atoms with Crippen LogP contribution in [0.15, 0.2) is 72.8 Å². The summed E-state index contributed by atoms with van der Waals surface area (Å²) in [4.78, 5) is 44.4. The molecule has 5 heteroatoms. The van der Waals surface area contributed by atoms with Gasteiger partial charge in [-0.05, 0) is 25.6 Å². The lowest BCUT2D eigenvalue weighted by molar-refractivity contribution is -0.128. The smallest absolute Gasteiger partial charge is 0.251 e. The van der Waals surface area contributed by atoms with Crippen molar-refractivity contribution in [3.63, 3.8) is 0 Å². The highest BCUT2D eigenvalue weighted by molar-refractivity contribution is 6.34. The molecule has 1 N–H and O–H groups in total. The van der Waals surface area contributed by atoms with Crippen LogP contribution in [0, 0.1) is 12.3 Å². The third-order valence-electron chi connectivity index (χ3n) is 7.63. The molecule has 158 valence electrons. The highest BCUT2D eigenvalue weighted by Crippen LogP contribution is 2.66. The molecule has 0 bridgehead atoms. The van der Waals surface area contributed by atoms with Crippen LogP contribution in [-0.2, 0) is 10.3 Å². The average molecular weight is 422 g/mol. The van der Waals surface area contributed by atoms with Crippen LogP contribution in [0.2, 0.25) is 0 Å². The molecule has 3 aliphatic rings. The molecule has 1 fully saturated rings. The molecular weight excluding hydrogens is 400 g/mol. The van der Waals surface area contributed by atoms with Crippen LogP contribution in [0.5, 0.6) is 0 Å². The third-order valence-corrected chi connectivity index (χ3v) is 7.63. The lowest BCUT2D eigenvalue weighted by Gasteiger charge is -2.42. The van der Waals surface area contributed by atoms with Gasteiger partial charge in [0.05, 0.1) is 0 Å². The maximum absolute atomic E-state index is 14.3. The summed E-state index contributed by atoms with van der Waals surface area (Å²) in [6.45, 7) is 2.42. The Morgan fingerprint density at radius 1 is 0.844 bits per heavy atom. The van der Waals surface area contributed by atoms with Gasteiger partial charge in [-0.3, -0.25) is 19.3 Å². The van der Waals surface area contributed by atoms with E-state index in [0.29, 0.717) is 28.9 Å². The van der Waals surface area contributed by atoms with Crippen LogP contribution in [0.4, 0.5) is 5.69 Å². The van der Waals surface area contributed by atoms with Gasteiger partial charge in [-0.15, -0.1) is 0 Å². The molecule has 5 nitrogen and oxygen atoms in total. The Morgan fingerprint density at radius 2 is 1.44 bits per heavy atom. The van der Waals surface area contributed by atoms with Crippen LogP contribution in [0.1, 0.15) is 43.3 Å². The topological polar surface area (TPSA) is 66.5 Å². The number of hydrogen-bond acceptors (Lipinski definition) is 4. The molecule has 2 atom stereocenters. The van der Waals surface area contributed by atoms with Gasteiger partial charge < -0.3 is 5.32 Å². The van der Waals surface area contributed by atoms with Crippen molar-refractivity contribution >= 4 is 23.2 Å². The molecular formula is C27H22N2O3. The molecule has 0 saturated carbocycles. The monoisotopic (exact) mass is 422 g/mol. The molecule has 0 aromatic heterocycles. The van der Waals surface area contributed by atoms with Gasteiger partial charge in [0.15, 0.2) is 11.6 Å². The van der Waals surface area contributed by atoms with E-state index >= 15 is 0 Å². The molecule has 32 heavy (non-hydrogen) atoms. The fourth-order valence-electron chi connectivity index (χ4n) is 6.32. The van der Waals surface area contributed by atoms with Gasteiger partial charge in [0.2, 0.25) is 0 Å². The average Bonchev–Trinajstić information content (AvgIpc) is 3.34. The van der Waals surface area contributed by atoms with E-state index in [1.54, 1.807) is 24.3 Å². The number of likely N-dealkylation sites (tertiary alicyclic amines) is 1. The van der Waals surface area contributed by atoms with Gasteiger partial charge in [0, 0.05) is 34.8 Å². The van der Waals surface area contributed by atoms with Gasteiger partial charge in [-0.2, -0.15) is 0 Å². The zero-order valence-electron chi connectivity index (χ0n) is 17.9. The van der Waals surface area contributed by atoms with E-state index in [9.17, 15) is 14.4 Å². The van der Waals surface area contributed by atoms with Gasteiger partial charge in [0.25, 0.3) is 5.91 Å². The molecule has 3 aromatic rings. The maximum atomic E-state index is 14.3. The molecule has 1 aliphatic carbocycles. The zero-order chi connectivity index (χ0) is 22.3. The van der Waals surface area contributed by atoms with E-state index in [2.05, 4.69) is 5.32 Å². The van der Waals surface area contributed by atoms with Gasteiger partial charge in [-0.1, -0.05) is 72.3 Å². The Balaban J connectivity index is 1.72. The Hall–Kier alpha value is -3.57. The SMILES string of the molecule is Cc1ccc(C2CN(C)C3(C(=O)Nc4ccccc43)C23C(=O)c2ccccc2C3=O)cc1. The number of hydrogen-bond donors (Lipinski definition) is 1. The fourth-order valence-corrected chi connectivity index (χ4v) is 6.32. The van der Waals surface area contributed by atoms with Crippen LogP contribution < -0.4 is 5.32 Å². The standard InChI is InChI=1S/C27H22N2O3/c1-16-11-13-17(14-12-16)21-15-29(2)27(20-9-5-6-10-22(20)28-25(27)32)26(21)23(30)18-7-3-4-8-19(18)24(26)31/h3-14,21H,15H2,1-2H3,(H,28,32). The number of ketones is 2. The van der Waals surface area contributed by atoms with Crippen molar-refractivity contribution in [2.75, 3.05) is 18.9 Å². The number of aryl methyl sites for hydroxylation is 1. The number of carbonyl (C=O) groups excluding carboxylic acids is 3. The van der Waals surface area contributed by atoms with Crippen LogP contribution >= 0.6 is 0 Å². The number of likely N-dealkylation sites (N-methyl/N-ethyl adjacent to an activating group) is 1. The van der Waals surface area contributed by atoms with Crippen molar-refractivity contribution in [2.45, 2.75) is 18.4 Å². The van der Waals surface area contributed by atoms with Crippen molar-refractivity contribution in [3.8, 4) is 0 Å². The number of fused-ring (bicyclic) bond motifs is 4. The van der Waals surface area contributed by atoms with Crippen molar-refractivity contribution in [1.82, 2.24) is 4.90 Å². The second-order valence-electron chi connectivity index (χ2n) is 9.07. The van der Waals surface area contributed by atoms with Gasteiger partial charge >= 0.3 is 0 Å². The van der Waals surface area contributed by atoms with Gasteiger partial charge in [-0.25, -0.2) is 0 Å². The first kappa shape index (κ1) is 19.1. The molecule has 0 radical (unpaired) electrons. The van der Waals surface area contributed by atoms with Crippen molar-refractivity contribution < 1.29 is 14.4 Å². The highest BCUT2D eigenvalue weighted by atomic mass is 16.2. The maximum Gasteiger partial charge on any atom is 0.251 e. The number of Topliss-reactive ketones (excluding diaryl/α,β-unsaturated/α-hetero) is 2. The van der Waals surface area contributed by atoms with E-state index in [0.717, 1.165) is 11.1 Å². The summed E-state index contributed by atoms with van der Waals surface area (Å²) in [6, 6.07) is 22.3. The van der Waals surface area contributed by atoms with Gasteiger partial charge in [0.1, 0.15) is 11.0 Å². The quantitative estimate of drug-likeness (QED) is 0.604. The predicted octanol–water partition coefficient (Wildman–Crippen LogP) is 3.94. The van der Waals surface area contributed by atoms with Crippen molar-refractivity contribution in [3.05, 3.63) is 101 Å². The van der Waals surface area contributed by atoms with E-state index < -0.39 is 16.9 Å². The normalized spacial score (nSPS) is 25.4. The van der Waals surface area contributed by atoms with E-state index in [-0.39, 0.29) is 17.5 Å². The number of rotatable bonds is 1. The molecule has 3 aromatic carbocycles. The largest absolute Gasteiger partial charge is 0.324 e. The molecule has 2 heterocycles. The first-order chi connectivity index (χ1) is 15.4. The Labute approximate surface area is 186 Å². The molecule has 2 unspecified atom stereocenters. The van der Waals surface area contributed by atoms with Crippen LogP contribution in [-0.4, -0.2) is 36.0 Å². The number of anilines is 1. The summed E-state index contributed by atoms with van der Waals surface area (Å²) in [5.41, 5.74) is 1.17. The Morgan fingerprint density at radius 3 is 2.09 bits per heavy atom. The summed E-state index contributed by atoms with van der Waals surface area (Å²) >= 11 is 0. The number of nitrogens with one attached hydrogen (secondary N) is 1. The first-order valence-corrected chi connectivity index (χ1v) is 10.8. The lowest BCUT2D eigenvalue weighted by atomic mass is 9.58. The van der Waals surface area contributed by atoms with E-state index in [1.165, 1.54) is 0 Å². The van der Waals surface area contributed by atoms with Crippen LogP contribution in [0.25, 0.3) is 0 Å². The Kier molecular flexibility index (Phi) is 3.73. The minimum atomic E-state index is -1.57. The minimum Gasteiger partial charge on any atom is -0.324 e. The zero-order valence-corrected chi connectivity index (χ0v) is 17.9. The molecule has 1 amide bonds. The van der Waals surface area contributed by atoms with E-state index in [4.69, 9.17) is 0 Å². The summed E-state index contributed by atoms with van der Waals surface area (Å²) < 4.78 is 0. The summed E-state index contributed by atoms with van der Waals surface area (Å²) in [7, 11) is 1.85. The minimum absolute atomic E-state index is 0.264. The highest BCUT2D eigenvalue weighted by Gasteiger charge is 2.78. The van der Waals surface area contributed by atoms with Crippen molar-refractivity contribution in [2.24, 2.45) is 5.41 Å². The van der Waals surface area contributed by atoms with Crippen LogP contribution in [0.3, 0.4) is 0 Å². The number of benzene rings is 3. The molecule has 2 aliphatic heterocycles. The number of nitrogens with zero attached hydrogens (tertiary/aromatic N) is 1. The number of carbonyl (C=O) groups is 3. The second-order valence-corrected chi connectivity index (χ2v) is 9.07. The molecule has 2 spiro atoms. The molecule has 1 saturated heterocycles. The third kappa shape index (κ3) is 1.96. The number of para-hydroxylation sites is 1. The summed E-state index contributed by atoms with van der Waals surface area (Å²) in [5.74, 6) is -1.30. The summed E-state index contributed by atoms with van der Waals surface area (Å²) in [5, 5.41) is 2.98. The summed E-state index contributed by atoms with van der Waals surface area (Å²) in [6.07, 6.45) is 0. The Bertz CT molecular complexity index is 1290. The van der Waals surface area contributed by atoms with Crippen molar-refractivity contribution in [1.29, 1.82) is 0 Å². The first-order valence-electron chi connectivity index (χ1n) is 10.8. The fraction of sp³-hybridized carbons (Fsp3) is 0.222. The van der Waals surface area contributed by atoms with E-state index in [1.807, 2.05) is 67.4 Å².